The Labute approximate surface area is 96.0 Å². The largest absolute Gasteiger partial charge is 0.454 e. The second-order valence-electron chi connectivity index (χ2n) is 3.57. The fourth-order valence-corrected chi connectivity index (χ4v) is 1.87. The van der Waals surface area contributed by atoms with Gasteiger partial charge in [0.25, 0.3) is 0 Å². The second kappa shape index (κ2) is 4.25. The van der Waals surface area contributed by atoms with Crippen LogP contribution in [0, 0.1) is 0 Å². The highest BCUT2D eigenvalue weighted by Gasteiger charge is 2.21. The number of carbonyl (C=O) groups is 1. The summed E-state index contributed by atoms with van der Waals surface area (Å²) in [5.41, 5.74) is 0.506. The molecule has 1 aromatic rings. The molecule has 0 amide bonds. The predicted octanol–water partition coefficient (Wildman–Crippen LogP) is 1.36. The standard InChI is InChI=1S/C11H12O4S/c1-7(16(2)13)11(12)8-3-4-9-10(5-8)15-6-14-9/h3-5,7H,6H2,1-2H3/t7-,16?/m0/s1. The van der Waals surface area contributed by atoms with Gasteiger partial charge in [-0.05, 0) is 25.1 Å². The van der Waals surface area contributed by atoms with Crippen LogP contribution in [0.5, 0.6) is 11.5 Å². The van der Waals surface area contributed by atoms with E-state index < -0.39 is 16.0 Å². The summed E-state index contributed by atoms with van der Waals surface area (Å²) in [6, 6.07) is 4.99. The molecule has 1 aliphatic rings. The molecule has 0 N–H and O–H groups in total. The minimum absolute atomic E-state index is 0.140. The molecule has 0 saturated heterocycles. The number of fused-ring (bicyclic) bond motifs is 1. The van der Waals surface area contributed by atoms with Crippen LogP contribution in [-0.2, 0) is 10.8 Å². The molecule has 2 atom stereocenters. The zero-order valence-electron chi connectivity index (χ0n) is 9.06. The molecule has 0 aliphatic carbocycles. The van der Waals surface area contributed by atoms with Crippen molar-refractivity contribution in [2.24, 2.45) is 0 Å². The highest BCUT2D eigenvalue weighted by Crippen LogP contribution is 2.32. The zero-order chi connectivity index (χ0) is 11.7. The van der Waals surface area contributed by atoms with Gasteiger partial charge in [0.05, 0.1) is 5.25 Å². The summed E-state index contributed by atoms with van der Waals surface area (Å²) >= 11 is 0. The van der Waals surface area contributed by atoms with Gasteiger partial charge in [0.15, 0.2) is 17.3 Å². The monoisotopic (exact) mass is 240 g/mol. The predicted molar refractivity (Wildman–Crippen MR) is 60.4 cm³/mol. The number of carbonyl (C=O) groups excluding carboxylic acids is 1. The van der Waals surface area contributed by atoms with Crippen molar-refractivity contribution in [1.82, 2.24) is 0 Å². The van der Waals surface area contributed by atoms with E-state index in [0.717, 1.165) is 0 Å². The molecular weight excluding hydrogens is 228 g/mol. The Kier molecular flexibility index (Phi) is 2.96. The number of rotatable bonds is 3. The summed E-state index contributed by atoms with van der Waals surface area (Å²) < 4.78 is 21.6. The Morgan fingerprint density at radius 2 is 2.06 bits per heavy atom. The molecule has 2 rings (SSSR count). The van der Waals surface area contributed by atoms with Crippen molar-refractivity contribution in [3.8, 4) is 11.5 Å². The fourth-order valence-electron chi connectivity index (χ4n) is 1.44. The molecule has 1 unspecified atom stereocenters. The van der Waals surface area contributed by atoms with Crippen LogP contribution < -0.4 is 9.47 Å². The molecule has 1 aliphatic heterocycles. The molecule has 4 nitrogen and oxygen atoms in total. The first-order valence-electron chi connectivity index (χ1n) is 4.85. The lowest BCUT2D eigenvalue weighted by atomic mass is 10.1. The molecule has 0 aromatic heterocycles. The molecule has 0 saturated carbocycles. The molecule has 5 heteroatoms. The van der Waals surface area contributed by atoms with Crippen LogP contribution in [0.15, 0.2) is 18.2 Å². The summed E-state index contributed by atoms with van der Waals surface area (Å²) in [6.45, 7) is 1.84. The third kappa shape index (κ3) is 1.95. The minimum atomic E-state index is -1.16. The Morgan fingerprint density at radius 3 is 2.75 bits per heavy atom. The van der Waals surface area contributed by atoms with Crippen molar-refractivity contribution in [3.05, 3.63) is 23.8 Å². The molecule has 1 heterocycles. The van der Waals surface area contributed by atoms with Crippen LogP contribution >= 0.6 is 0 Å². The average molecular weight is 240 g/mol. The minimum Gasteiger partial charge on any atom is -0.454 e. The van der Waals surface area contributed by atoms with Crippen molar-refractivity contribution in [2.45, 2.75) is 12.2 Å². The zero-order valence-corrected chi connectivity index (χ0v) is 9.87. The topological polar surface area (TPSA) is 52.6 Å². The fraction of sp³-hybridized carbons (Fsp3) is 0.364. The van der Waals surface area contributed by atoms with Crippen LogP contribution in [0.25, 0.3) is 0 Å². The Bertz CT molecular complexity index is 455. The molecule has 0 bridgehead atoms. The summed E-state index contributed by atoms with van der Waals surface area (Å²) in [7, 11) is -1.16. The van der Waals surface area contributed by atoms with E-state index in [0.29, 0.717) is 17.1 Å². The van der Waals surface area contributed by atoms with Gasteiger partial charge in [-0.15, -0.1) is 0 Å². The number of ether oxygens (including phenoxy) is 2. The van der Waals surface area contributed by atoms with Crippen molar-refractivity contribution in [1.29, 1.82) is 0 Å². The van der Waals surface area contributed by atoms with Crippen LogP contribution in [0.3, 0.4) is 0 Å². The summed E-state index contributed by atoms with van der Waals surface area (Å²) in [5.74, 6) is 1.07. The van der Waals surface area contributed by atoms with Crippen molar-refractivity contribution in [3.63, 3.8) is 0 Å². The van der Waals surface area contributed by atoms with Gasteiger partial charge in [-0.1, -0.05) is 0 Å². The summed E-state index contributed by atoms with van der Waals surface area (Å²) in [5, 5.41) is -0.500. The lowest BCUT2D eigenvalue weighted by Gasteiger charge is -2.07. The number of Topliss-reactive ketones (excluding diaryl/α,β-unsaturated/α-hetero) is 1. The van der Waals surface area contributed by atoms with Crippen molar-refractivity contribution < 1.29 is 18.5 Å². The average Bonchev–Trinajstić information content (AvgIpc) is 2.73. The summed E-state index contributed by atoms with van der Waals surface area (Å²) in [6.07, 6.45) is 1.52. The third-order valence-electron chi connectivity index (χ3n) is 2.52. The van der Waals surface area contributed by atoms with Gasteiger partial charge < -0.3 is 9.47 Å². The van der Waals surface area contributed by atoms with Gasteiger partial charge in [0, 0.05) is 22.6 Å². The molecule has 0 radical (unpaired) electrons. The van der Waals surface area contributed by atoms with E-state index in [1.54, 1.807) is 25.1 Å². The first kappa shape index (κ1) is 11.1. The van der Waals surface area contributed by atoms with E-state index in [1.807, 2.05) is 0 Å². The van der Waals surface area contributed by atoms with Crippen LogP contribution in [-0.4, -0.2) is 28.3 Å². The lowest BCUT2D eigenvalue weighted by Crippen LogP contribution is -2.21. The van der Waals surface area contributed by atoms with E-state index in [2.05, 4.69) is 0 Å². The maximum atomic E-state index is 11.9. The maximum Gasteiger partial charge on any atom is 0.231 e. The van der Waals surface area contributed by atoms with E-state index in [1.165, 1.54) is 6.26 Å². The van der Waals surface area contributed by atoms with Gasteiger partial charge >= 0.3 is 0 Å². The van der Waals surface area contributed by atoms with Gasteiger partial charge in [-0.3, -0.25) is 9.00 Å². The summed E-state index contributed by atoms with van der Waals surface area (Å²) in [4.78, 5) is 11.9. The number of ketones is 1. The van der Waals surface area contributed by atoms with Crippen LogP contribution in [0.2, 0.25) is 0 Å². The molecule has 86 valence electrons. The Hall–Kier alpha value is -1.36. The highest BCUT2D eigenvalue weighted by molar-refractivity contribution is 7.85. The smallest absolute Gasteiger partial charge is 0.231 e. The normalized spacial score (nSPS) is 16.9. The van der Waals surface area contributed by atoms with Gasteiger partial charge in [0.1, 0.15) is 0 Å². The van der Waals surface area contributed by atoms with Crippen LogP contribution in [0.1, 0.15) is 17.3 Å². The van der Waals surface area contributed by atoms with Gasteiger partial charge in [-0.25, -0.2) is 0 Å². The van der Waals surface area contributed by atoms with E-state index >= 15 is 0 Å². The van der Waals surface area contributed by atoms with Crippen molar-refractivity contribution in [2.75, 3.05) is 13.0 Å². The third-order valence-corrected chi connectivity index (χ3v) is 3.73. The molecule has 0 spiro atoms. The second-order valence-corrected chi connectivity index (χ2v) is 5.28. The van der Waals surface area contributed by atoms with Gasteiger partial charge in [0.2, 0.25) is 6.79 Å². The molecule has 16 heavy (non-hydrogen) atoms. The lowest BCUT2D eigenvalue weighted by molar-refractivity contribution is 0.0992. The van der Waals surface area contributed by atoms with E-state index in [-0.39, 0.29) is 12.6 Å². The molecule has 0 fully saturated rings. The molecule has 1 aromatic carbocycles. The molecular formula is C11H12O4S. The SMILES string of the molecule is C[C@@H](C(=O)c1ccc2c(c1)OCO2)S(C)=O. The first-order valence-corrected chi connectivity index (χ1v) is 6.48. The van der Waals surface area contributed by atoms with Crippen molar-refractivity contribution >= 4 is 16.6 Å². The Balaban J connectivity index is 2.28. The van der Waals surface area contributed by atoms with E-state index in [4.69, 9.17) is 9.47 Å². The quantitative estimate of drug-likeness (QED) is 0.749. The van der Waals surface area contributed by atoms with Gasteiger partial charge in [-0.2, -0.15) is 0 Å². The Morgan fingerprint density at radius 1 is 1.38 bits per heavy atom. The number of hydrogen-bond acceptors (Lipinski definition) is 4. The first-order chi connectivity index (χ1) is 7.59. The number of hydrogen-bond donors (Lipinski definition) is 0. The van der Waals surface area contributed by atoms with E-state index in [9.17, 15) is 9.00 Å². The maximum absolute atomic E-state index is 11.9. The highest BCUT2D eigenvalue weighted by atomic mass is 32.2. The van der Waals surface area contributed by atoms with Crippen LogP contribution in [0.4, 0.5) is 0 Å². The number of benzene rings is 1.